The van der Waals surface area contributed by atoms with E-state index in [1.165, 1.54) is 5.39 Å². The molecule has 0 amide bonds. The Morgan fingerprint density at radius 2 is 1.80 bits per heavy atom. The largest absolute Gasteiger partial charge is 0.497 e. The summed E-state index contributed by atoms with van der Waals surface area (Å²) in [6.45, 7) is 2.19. The summed E-state index contributed by atoms with van der Waals surface area (Å²) < 4.78 is 13.3. The Bertz CT molecular complexity index is 986. The summed E-state index contributed by atoms with van der Waals surface area (Å²) in [6.07, 6.45) is 9.71. The number of aliphatic hydroxyl groups is 1. The Morgan fingerprint density at radius 1 is 1.07 bits per heavy atom. The second-order valence-electron chi connectivity index (χ2n) is 8.66. The van der Waals surface area contributed by atoms with Crippen LogP contribution in [0, 0.1) is 0 Å². The van der Waals surface area contributed by atoms with E-state index in [0.29, 0.717) is 25.2 Å². The van der Waals surface area contributed by atoms with Crippen LogP contribution in [0.5, 0.6) is 11.5 Å². The van der Waals surface area contributed by atoms with Gasteiger partial charge in [-0.2, -0.15) is 0 Å². The first kappa shape index (κ1) is 19.4. The van der Waals surface area contributed by atoms with Gasteiger partial charge in [-0.3, -0.25) is 9.88 Å². The minimum atomic E-state index is -0.666. The molecule has 2 atom stereocenters. The monoisotopic (exact) mass is 407 g/mol. The fraction of sp³-hybridized carbons (Fsp3) is 0.458. The lowest BCUT2D eigenvalue weighted by Gasteiger charge is -2.44. The van der Waals surface area contributed by atoms with E-state index in [-0.39, 0.29) is 0 Å². The maximum absolute atomic E-state index is 11.4. The predicted molar refractivity (Wildman–Crippen MR) is 116 cm³/mol. The third kappa shape index (κ3) is 3.77. The number of fused-ring (bicyclic) bond motifs is 3. The normalized spacial score (nSPS) is 26.2. The topological polar surface area (TPSA) is 59.8 Å². The third-order valence-electron chi connectivity index (χ3n) is 6.72. The van der Waals surface area contributed by atoms with Crippen molar-refractivity contribution in [1.29, 1.82) is 0 Å². The standard InChI is InChI=1S/C24H29N3O3/c1-29-21-4-6-22(7-5-21)30-13-12-27-19-2-3-20(27)15-24(28,14-19)17-26-11-9-18-8-10-25-16-23(18)26/h4-11,16,19-20,28H,2-3,12-15,17H2,1H3. The third-order valence-corrected chi connectivity index (χ3v) is 6.72. The lowest BCUT2D eigenvalue weighted by Crippen LogP contribution is -2.53. The van der Waals surface area contributed by atoms with E-state index in [2.05, 4.69) is 26.7 Å². The van der Waals surface area contributed by atoms with Crippen LogP contribution in [0.3, 0.4) is 0 Å². The molecule has 2 saturated heterocycles. The van der Waals surface area contributed by atoms with Gasteiger partial charge in [0.15, 0.2) is 0 Å². The van der Waals surface area contributed by atoms with Crippen LogP contribution in [-0.2, 0) is 6.54 Å². The Balaban J connectivity index is 1.20. The zero-order valence-corrected chi connectivity index (χ0v) is 17.4. The van der Waals surface area contributed by atoms with Gasteiger partial charge in [0, 0.05) is 36.4 Å². The van der Waals surface area contributed by atoms with E-state index in [4.69, 9.17) is 9.47 Å². The maximum atomic E-state index is 11.4. The molecule has 0 saturated carbocycles. The molecule has 5 rings (SSSR count). The molecule has 2 aliphatic heterocycles. The van der Waals surface area contributed by atoms with Crippen molar-refractivity contribution < 1.29 is 14.6 Å². The number of benzene rings is 1. The molecular weight excluding hydrogens is 378 g/mol. The van der Waals surface area contributed by atoms with Gasteiger partial charge < -0.3 is 19.1 Å². The highest BCUT2D eigenvalue weighted by Crippen LogP contribution is 2.41. The molecule has 0 aliphatic carbocycles. The van der Waals surface area contributed by atoms with Crippen molar-refractivity contribution in [2.75, 3.05) is 20.3 Å². The number of hydrogen-bond donors (Lipinski definition) is 1. The second-order valence-corrected chi connectivity index (χ2v) is 8.66. The number of rotatable bonds is 7. The van der Waals surface area contributed by atoms with Gasteiger partial charge in [0.1, 0.15) is 18.1 Å². The molecule has 6 nitrogen and oxygen atoms in total. The summed E-state index contributed by atoms with van der Waals surface area (Å²) in [5, 5.41) is 12.6. The average molecular weight is 408 g/mol. The van der Waals surface area contributed by atoms with Gasteiger partial charge in [-0.15, -0.1) is 0 Å². The first-order valence-corrected chi connectivity index (χ1v) is 10.8. The van der Waals surface area contributed by atoms with Crippen LogP contribution < -0.4 is 9.47 Å². The van der Waals surface area contributed by atoms with E-state index in [1.54, 1.807) is 7.11 Å². The molecular formula is C24H29N3O3. The number of aromatic nitrogens is 2. The minimum Gasteiger partial charge on any atom is -0.497 e. The van der Waals surface area contributed by atoms with Crippen molar-refractivity contribution >= 4 is 10.9 Å². The molecule has 2 unspecified atom stereocenters. The molecule has 158 valence electrons. The molecule has 6 heteroatoms. The van der Waals surface area contributed by atoms with Crippen molar-refractivity contribution in [3.8, 4) is 11.5 Å². The highest BCUT2D eigenvalue weighted by Gasteiger charge is 2.47. The van der Waals surface area contributed by atoms with Crippen molar-refractivity contribution in [2.45, 2.75) is 49.9 Å². The maximum Gasteiger partial charge on any atom is 0.119 e. The van der Waals surface area contributed by atoms with E-state index in [9.17, 15) is 5.11 Å². The summed E-state index contributed by atoms with van der Waals surface area (Å²) in [6, 6.07) is 12.7. The van der Waals surface area contributed by atoms with Crippen molar-refractivity contribution in [3.05, 3.63) is 55.0 Å². The molecule has 0 spiro atoms. The molecule has 0 radical (unpaired) electrons. The molecule has 4 heterocycles. The van der Waals surface area contributed by atoms with Gasteiger partial charge in [-0.1, -0.05) is 0 Å². The molecule has 1 N–H and O–H groups in total. The quantitative estimate of drug-likeness (QED) is 0.650. The number of nitrogens with zero attached hydrogens (tertiary/aromatic N) is 3. The van der Waals surface area contributed by atoms with Gasteiger partial charge in [-0.05, 0) is 62.1 Å². The van der Waals surface area contributed by atoms with Crippen LogP contribution in [0.2, 0.25) is 0 Å². The smallest absolute Gasteiger partial charge is 0.119 e. The summed E-state index contributed by atoms with van der Waals surface area (Å²) in [4.78, 5) is 6.80. The second kappa shape index (κ2) is 7.93. The van der Waals surface area contributed by atoms with Gasteiger partial charge in [0.2, 0.25) is 0 Å². The van der Waals surface area contributed by atoms with E-state index >= 15 is 0 Å². The molecule has 2 fully saturated rings. The first-order valence-electron chi connectivity index (χ1n) is 10.8. The van der Waals surface area contributed by atoms with Crippen LogP contribution in [-0.4, -0.2) is 57.5 Å². The van der Waals surface area contributed by atoms with Crippen LogP contribution >= 0.6 is 0 Å². The zero-order valence-electron chi connectivity index (χ0n) is 17.4. The van der Waals surface area contributed by atoms with Crippen molar-refractivity contribution in [2.24, 2.45) is 0 Å². The fourth-order valence-corrected chi connectivity index (χ4v) is 5.33. The SMILES string of the molecule is COc1ccc(OCCN2C3CCC2CC(O)(Cn2ccc4ccncc42)C3)cc1. The fourth-order valence-electron chi connectivity index (χ4n) is 5.33. The summed E-state index contributed by atoms with van der Waals surface area (Å²) in [7, 11) is 1.67. The lowest BCUT2D eigenvalue weighted by molar-refractivity contribution is -0.0640. The van der Waals surface area contributed by atoms with Crippen molar-refractivity contribution in [1.82, 2.24) is 14.5 Å². The predicted octanol–water partition coefficient (Wildman–Crippen LogP) is 3.48. The number of hydrogen-bond acceptors (Lipinski definition) is 5. The van der Waals surface area contributed by atoms with Crippen LogP contribution in [0.15, 0.2) is 55.0 Å². The summed E-state index contributed by atoms with van der Waals surface area (Å²) >= 11 is 0. The number of ether oxygens (including phenoxy) is 2. The average Bonchev–Trinajstić information content (AvgIpc) is 3.27. The molecule has 30 heavy (non-hydrogen) atoms. The number of piperidine rings is 1. The molecule has 2 bridgehead atoms. The van der Waals surface area contributed by atoms with Crippen LogP contribution in [0.4, 0.5) is 0 Å². The Labute approximate surface area is 177 Å². The number of methoxy groups -OCH3 is 1. The Morgan fingerprint density at radius 3 is 2.53 bits per heavy atom. The summed E-state index contributed by atoms with van der Waals surface area (Å²) in [5.41, 5.74) is 0.426. The van der Waals surface area contributed by atoms with Gasteiger partial charge in [-0.25, -0.2) is 0 Å². The van der Waals surface area contributed by atoms with Crippen LogP contribution in [0.25, 0.3) is 10.9 Å². The Kier molecular flexibility index (Phi) is 5.13. The van der Waals surface area contributed by atoms with Crippen LogP contribution in [0.1, 0.15) is 25.7 Å². The zero-order chi connectivity index (χ0) is 20.6. The first-order chi connectivity index (χ1) is 14.6. The highest BCUT2D eigenvalue weighted by atomic mass is 16.5. The lowest BCUT2D eigenvalue weighted by atomic mass is 9.86. The van der Waals surface area contributed by atoms with E-state index in [0.717, 1.165) is 49.2 Å². The molecule has 3 aromatic rings. The molecule has 2 aromatic heterocycles. The van der Waals surface area contributed by atoms with Gasteiger partial charge in [0.05, 0.1) is 31.0 Å². The van der Waals surface area contributed by atoms with Gasteiger partial charge in [0.25, 0.3) is 0 Å². The minimum absolute atomic E-state index is 0.424. The number of pyridine rings is 1. The van der Waals surface area contributed by atoms with E-state index < -0.39 is 5.60 Å². The van der Waals surface area contributed by atoms with Gasteiger partial charge >= 0.3 is 0 Å². The van der Waals surface area contributed by atoms with Crippen molar-refractivity contribution in [3.63, 3.8) is 0 Å². The molecule has 1 aromatic carbocycles. The summed E-state index contributed by atoms with van der Waals surface area (Å²) in [5.74, 6) is 1.70. The highest BCUT2D eigenvalue weighted by molar-refractivity contribution is 5.78. The van der Waals surface area contributed by atoms with E-state index in [1.807, 2.05) is 42.7 Å². The molecule has 2 aliphatic rings. The Hall–Kier alpha value is -2.57.